The molecule has 1 saturated heterocycles. The number of halogens is 3. The zero-order valence-electron chi connectivity index (χ0n) is 23.5. The topological polar surface area (TPSA) is 74.2 Å². The Bertz CT molecular complexity index is 1480. The van der Waals surface area contributed by atoms with E-state index in [0.29, 0.717) is 22.9 Å². The van der Waals surface area contributed by atoms with Crippen LogP contribution in [-0.2, 0) is 10.2 Å². The van der Waals surface area contributed by atoms with Crippen LogP contribution in [0.15, 0.2) is 54.6 Å². The number of nitrogens with one attached hydrogen (secondary N) is 2. The molecule has 1 amide bonds. The highest BCUT2D eigenvalue weighted by molar-refractivity contribution is 6.30. The average Bonchev–Trinajstić information content (AvgIpc) is 3.18. The number of methoxy groups -OCH3 is 1. The summed E-state index contributed by atoms with van der Waals surface area (Å²) in [6.45, 7) is 9.99. The third-order valence-electron chi connectivity index (χ3n) is 7.60. The smallest absolute Gasteiger partial charge is 0.242 e. The first-order valence-corrected chi connectivity index (χ1v) is 13.9. The van der Waals surface area contributed by atoms with E-state index in [0.717, 1.165) is 16.7 Å². The number of carbonyl (C=O) groups excluding carboxylic acids is 1. The van der Waals surface area contributed by atoms with Crippen molar-refractivity contribution in [1.82, 2.24) is 5.32 Å². The first-order chi connectivity index (χ1) is 18.8. The number of benzene rings is 3. The fourth-order valence-corrected chi connectivity index (χ4v) is 6.28. The fraction of sp³-hybridized carbons (Fsp3) is 0.375. The Labute approximate surface area is 245 Å². The van der Waals surface area contributed by atoms with Gasteiger partial charge >= 0.3 is 0 Å². The largest absolute Gasteiger partial charge is 0.495 e. The maximum absolute atomic E-state index is 15.8. The highest BCUT2D eigenvalue weighted by Crippen LogP contribution is 2.52. The normalized spacial score (nSPS) is 22.6. The molecule has 0 aromatic heterocycles. The molecule has 4 rings (SSSR count). The minimum absolute atomic E-state index is 0.198. The van der Waals surface area contributed by atoms with Gasteiger partial charge in [-0.25, -0.2) is 4.39 Å². The molecule has 0 radical (unpaired) electrons. The molecule has 8 heteroatoms. The summed E-state index contributed by atoms with van der Waals surface area (Å²) < 4.78 is 21.3. The summed E-state index contributed by atoms with van der Waals surface area (Å²) >= 11 is 12.4. The summed E-state index contributed by atoms with van der Waals surface area (Å²) in [5.41, 5.74) is 1.54. The zero-order valence-corrected chi connectivity index (χ0v) is 25.0. The van der Waals surface area contributed by atoms with E-state index in [2.05, 4.69) is 37.5 Å². The number of amides is 1. The Morgan fingerprint density at radius 3 is 2.38 bits per heavy atom. The van der Waals surface area contributed by atoms with Gasteiger partial charge in [-0.05, 0) is 78.8 Å². The number of nitriles is 1. The van der Waals surface area contributed by atoms with E-state index in [4.69, 9.17) is 27.9 Å². The van der Waals surface area contributed by atoms with Crippen molar-refractivity contribution in [3.63, 3.8) is 0 Å². The molecule has 1 unspecified atom stereocenters. The van der Waals surface area contributed by atoms with Crippen LogP contribution in [0.25, 0.3) is 0 Å². The highest BCUT2D eigenvalue weighted by Gasteiger charge is 2.60. The second kappa shape index (κ2) is 11.4. The molecular formula is C32H34Cl2FN3O2. The Balaban J connectivity index is 1.96. The van der Waals surface area contributed by atoms with Crippen LogP contribution in [0.2, 0.25) is 10.0 Å². The van der Waals surface area contributed by atoms with Gasteiger partial charge in [-0.15, -0.1) is 0 Å². The fourth-order valence-electron chi connectivity index (χ4n) is 5.90. The van der Waals surface area contributed by atoms with Crippen LogP contribution in [-0.4, -0.2) is 25.1 Å². The lowest BCUT2D eigenvalue weighted by Gasteiger charge is -2.38. The minimum Gasteiger partial charge on any atom is -0.495 e. The molecule has 40 heavy (non-hydrogen) atoms. The Hall–Kier alpha value is -3.11. The number of nitrogens with zero attached hydrogens (tertiary/aromatic N) is 1. The van der Waals surface area contributed by atoms with Crippen LogP contribution < -0.4 is 15.4 Å². The number of aryl methyl sites for hydroxylation is 2. The van der Waals surface area contributed by atoms with Gasteiger partial charge < -0.3 is 15.4 Å². The SMILES string of the molecule is COc1cc(C)ccc1NC(=O)C1N[C@@H](CC(C)(C)C)[C@](C#N)(c2ccc(Cl)cc2F)[C@H]1c1ccc(Cl)cc1C. The van der Waals surface area contributed by atoms with Gasteiger partial charge in [-0.1, -0.05) is 62.2 Å². The molecular weight excluding hydrogens is 548 g/mol. The van der Waals surface area contributed by atoms with E-state index in [-0.39, 0.29) is 21.9 Å². The molecule has 0 aliphatic carbocycles. The predicted molar refractivity (Wildman–Crippen MR) is 159 cm³/mol. The molecule has 1 fully saturated rings. The summed E-state index contributed by atoms with van der Waals surface area (Å²) in [5, 5.41) is 18.3. The summed E-state index contributed by atoms with van der Waals surface area (Å²) in [4.78, 5) is 14.1. The number of rotatable bonds is 6. The van der Waals surface area contributed by atoms with Crippen LogP contribution in [0.4, 0.5) is 10.1 Å². The molecule has 1 aliphatic rings. The van der Waals surface area contributed by atoms with Crippen molar-refractivity contribution in [1.29, 1.82) is 5.26 Å². The van der Waals surface area contributed by atoms with Crippen LogP contribution in [0.1, 0.15) is 55.4 Å². The number of ether oxygens (including phenoxy) is 1. The summed E-state index contributed by atoms with van der Waals surface area (Å²) in [5.74, 6) is -1.18. The van der Waals surface area contributed by atoms with Crippen LogP contribution in [0.5, 0.6) is 5.75 Å². The summed E-state index contributed by atoms with van der Waals surface area (Å²) in [7, 11) is 1.54. The quantitative estimate of drug-likeness (QED) is 0.312. The lowest BCUT2D eigenvalue weighted by molar-refractivity contribution is -0.118. The van der Waals surface area contributed by atoms with E-state index >= 15 is 4.39 Å². The summed E-state index contributed by atoms with van der Waals surface area (Å²) in [6, 6.07) is 16.3. The van der Waals surface area contributed by atoms with E-state index in [1.165, 1.54) is 6.07 Å². The van der Waals surface area contributed by atoms with Crippen molar-refractivity contribution >= 4 is 34.8 Å². The van der Waals surface area contributed by atoms with Crippen molar-refractivity contribution in [2.45, 2.75) is 64.5 Å². The molecule has 4 atom stereocenters. The van der Waals surface area contributed by atoms with Crippen molar-refractivity contribution < 1.29 is 13.9 Å². The molecule has 0 bridgehead atoms. The lowest BCUT2D eigenvalue weighted by Crippen LogP contribution is -2.44. The monoisotopic (exact) mass is 581 g/mol. The van der Waals surface area contributed by atoms with Crippen molar-refractivity contribution in [2.24, 2.45) is 5.41 Å². The van der Waals surface area contributed by atoms with Gasteiger partial charge in [0, 0.05) is 27.6 Å². The first kappa shape index (κ1) is 29.9. The van der Waals surface area contributed by atoms with Crippen molar-refractivity contribution in [3.05, 3.63) is 92.7 Å². The molecule has 210 valence electrons. The highest BCUT2D eigenvalue weighted by atomic mass is 35.5. The summed E-state index contributed by atoms with van der Waals surface area (Å²) in [6.07, 6.45) is 0.503. The molecule has 2 N–H and O–H groups in total. The Morgan fingerprint density at radius 1 is 1.10 bits per heavy atom. The Morgan fingerprint density at radius 2 is 1.77 bits per heavy atom. The second-order valence-corrected chi connectivity index (χ2v) is 12.6. The maximum Gasteiger partial charge on any atom is 0.242 e. The third kappa shape index (κ3) is 5.69. The molecule has 5 nitrogen and oxygen atoms in total. The van der Waals surface area contributed by atoms with E-state index in [9.17, 15) is 10.1 Å². The third-order valence-corrected chi connectivity index (χ3v) is 8.07. The molecule has 3 aromatic carbocycles. The second-order valence-electron chi connectivity index (χ2n) is 11.7. The van der Waals surface area contributed by atoms with E-state index < -0.39 is 29.2 Å². The maximum atomic E-state index is 15.8. The minimum atomic E-state index is -1.44. The van der Waals surface area contributed by atoms with Crippen LogP contribution in [0.3, 0.4) is 0 Å². The number of carbonyl (C=O) groups is 1. The molecule has 1 aliphatic heterocycles. The lowest BCUT2D eigenvalue weighted by atomic mass is 9.62. The molecule has 0 spiro atoms. The van der Waals surface area contributed by atoms with Crippen LogP contribution >= 0.6 is 23.2 Å². The van der Waals surface area contributed by atoms with Gasteiger partial charge in [0.1, 0.15) is 17.0 Å². The first-order valence-electron chi connectivity index (χ1n) is 13.1. The van der Waals surface area contributed by atoms with E-state index in [1.807, 2.05) is 32.0 Å². The van der Waals surface area contributed by atoms with Gasteiger partial charge in [0.15, 0.2) is 0 Å². The van der Waals surface area contributed by atoms with Gasteiger partial charge in [-0.2, -0.15) is 5.26 Å². The van der Waals surface area contributed by atoms with E-state index in [1.54, 1.807) is 37.4 Å². The van der Waals surface area contributed by atoms with Gasteiger partial charge in [0.05, 0.1) is 24.9 Å². The Kier molecular flexibility index (Phi) is 8.52. The average molecular weight is 583 g/mol. The van der Waals surface area contributed by atoms with Gasteiger partial charge in [0.2, 0.25) is 5.91 Å². The van der Waals surface area contributed by atoms with Gasteiger partial charge in [-0.3, -0.25) is 4.79 Å². The van der Waals surface area contributed by atoms with Crippen molar-refractivity contribution in [2.75, 3.05) is 12.4 Å². The number of anilines is 1. The standard InChI is InChI=1S/C32H34Cl2FN3O2/c1-18-7-12-25(26(13-18)40-6)37-30(39)29-28(22-10-8-20(33)14-19(22)2)32(17-36,27(38-29)16-31(3,4)5)23-11-9-21(34)15-24(23)35/h7-15,27-29,38H,16H2,1-6H3,(H,37,39)/t27-,28-,29?,32-/m0/s1. The molecule has 1 heterocycles. The zero-order chi connectivity index (χ0) is 29.4. The van der Waals surface area contributed by atoms with Gasteiger partial charge in [0.25, 0.3) is 0 Å². The van der Waals surface area contributed by atoms with Crippen molar-refractivity contribution in [3.8, 4) is 11.8 Å². The number of hydrogen-bond acceptors (Lipinski definition) is 4. The van der Waals surface area contributed by atoms with Crippen LogP contribution in [0, 0.1) is 36.4 Å². The number of hydrogen-bond donors (Lipinski definition) is 2. The molecule has 0 saturated carbocycles. The predicted octanol–water partition coefficient (Wildman–Crippen LogP) is 7.72. The molecule has 3 aromatic rings.